The zero-order chi connectivity index (χ0) is 12.4. The van der Waals surface area contributed by atoms with Gasteiger partial charge in [0.1, 0.15) is 5.75 Å². The summed E-state index contributed by atoms with van der Waals surface area (Å²) in [6.07, 6.45) is 2.86. The van der Waals surface area contributed by atoms with E-state index in [1.165, 1.54) is 0 Å². The molecule has 0 unspecified atom stereocenters. The molecule has 0 aliphatic heterocycles. The van der Waals surface area contributed by atoms with E-state index in [0.717, 1.165) is 28.0 Å². The standard InChI is InChI=1S/C12H13BrN2OS/c1-3-9-7-14-12(17)15(9)10-4-8(13)5-11(6-10)16-2/h4-7H,3H2,1-2H3,(H,14,17). The Labute approximate surface area is 114 Å². The molecule has 0 saturated heterocycles. The number of H-pyrrole nitrogens is 1. The molecule has 0 aliphatic rings. The van der Waals surface area contributed by atoms with E-state index in [4.69, 9.17) is 17.0 Å². The van der Waals surface area contributed by atoms with Crippen molar-refractivity contribution in [3.05, 3.63) is 39.3 Å². The quantitative estimate of drug-likeness (QED) is 0.872. The number of nitrogens with one attached hydrogen (secondary N) is 1. The Balaban J connectivity index is 2.63. The molecule has 1 aromatic heterocycles. The number of aromatic nitrogens is 2. The number of benzene rings is 1. The first-order valence-electron chi connectivity index (χ1n) is 5.30. The van der Waals surface area contributed by atoms with E-state index in [1.54, 1.807) is 7.11 Å². The SMILES string of the molecule is CCc1c[nH]c(=S)n1-c1cc(Br)cc(OC)c1. The molecule has 90 valence electrons. The third-order valence-electron chi connectivity index (χ3n) is 2.56. The molecular formula is C12H13BrN2OS. The maximum Gasteiger partial charge on any atom is 0.182 e. The van der Waals surface area contributed by atoms with Crippen LogP contribution in [0.5, 0.6) is 5.75 Å². The van der Waals surface area contributed by atoms with E-state index in [9.17, 15) is 0 Å². The number of nitrogens with zero attached hydrogens (tertiary/aromatic N) is 1. The van der Waals surface area contributed by atoms with Gasteiger partial charge in [0.15, 0.2) is 4.77 Å². The number of rotatable bonds is 3. The summed E-state index contributed by atoms with van der Waals surface area (Å²) in [5, 5.41) is 0. The van der Waals surface area contributed by atoms with E-state index >= 15 is 0 Å². The normalized spacial score (nSPS) is 10.5. The van der Waals surface area contributed by atoms with Gasteiger partial charge < -0.3 is 9.72 Å². The molecule has 2 rings (SSSR count). The van der Waals surface area contributed by atoms with Crippen molar-refractivity contribution in [3.63, 3.8) is 0 Å². The van der Waals surface area contributed by atoms with Gasteiger partial charge in [0.25, 0.3) is 0 Å². The van der Waals surface area contributed by atoms with Crippen LogP contribution in [0.15, 0.2) is 28.9 Å². The fraction of sp³-hybridized carbons (Fsp3) is 0.250. The maximum absolute atomic E-state index is 5.30. The largest absolute Gasteiger partial charge is 0.497 e. The summed E-state index contributed by atoms with van der Waals surface area (Å²) in [7, 11) is 1.66. The molecule has 0 spiro atoms. The lowest BCUT2D eigenvalue weighted by Gasteiger charge is -2.09. The van der Waals surface area contributed by atoms with Gasteiger partial charge in [-0.1, -0.05) is 22.9 Å². The van der Waals surface area contributed by atoms with Crippen molar-refractivity contribution in [1.82, 2.24) is 9.55 Å². The average Bonchev–Trinajstić information content (AvgIpc) is 2.69. The third kappa shape index (κ3) is 2.45. The van der Waals surface area contributed by atoms with Gasteiger partial charge in [0.2, 0.25) is 0 Å². The third-order valence-corrected chi connectivity index (χ3v) is 3.32. The second kappa shape index (κ2) is 5.06. The van der Waals surface area contributed by atoms with Gasteiger partial charge in [-0.15, -0.1) is 0 Å². The number of halogens is 1. The summed E-state index contributed by atoms with van der Waals surface area (Å²) in [6, 6.07) is 5.91. The number of aromatic amines is 1. The van der Waals surface area contributed by atoms with Gasteiger partial charge in [0.05, 0.1) is 12.8 Å². The lowest BCUT2D eigenvalue weighted by Crippen LogP contribution is -1.99. The van der Waals surface area contributed by atoms with E-state index in [1.807, 2.05) is 29.0 Å². The Bertz CT molecular complexity index is 588. The topological polar surface area (TPSA) is 29.9 Å². The number of hydrogen-bond acceptors (Lipinski definition) is 2. The van der Waals surface area contributed by atoms with Gasteiger partial charge in [-0.05, 0) is 30.8 Å². The smallest absolute Gasteiger partial charge is 0.182 e. The first-order valence-corrected chi connectivity index (χ1v) is 6.50. The minimum atomic E-state index is 0.696. The first-order chi connectivity index (χ1) is 8.15. The fourth-order valence-corrected chi connectivity index (χ4v) is 2.48. The number of hydrogen-bond donors (Lipinski definition) is 1. The van der Waals surface area contributed by atoms with Crippen LogP contribution in [-0.4, -0.2) is 16.7 Å². The summed E-state index contributed by atoms with van der Waals surface area (Å²) in [5.41, 5.74) is 2.15. The van der Waals surface area contributed by atoms with Gasteiger partial charge in [-0.25, -0.2) is 0 Å². The highest BCUT2D eigenvalue weighted by Crippen LogP contribution is 2.25. The molecular weight excluding hydrogens is 300 g/mol. The van der Waals surface area contributed by atoms with Crippen LogP contribution in [0, 0.1) is 4.77 Å². The van der Waals surface area contributed by atoms with Crippen LogP contribution in [0.25, 0.3) is 5.69 Å². The number of aryl methyl sites for hydroxylation is 1. The summed E-state index contributed by atoms with van der Waals surface area (Å²) in [5.74, 6) is 0.805. The average molecular weight is 313 g/mol. The molecule has 0 atom stereocenters. The van der Waals surface area contributed by atoms with Gasteiger partial charge in [0, 0.05) is 22.4 Å². The molecule has 1 heterocycles. The zero-order valence-electron chi connectivity index (χ0n) is 9.66. The summed E-state index contributed by atoms with van der Waals surface area (Å²) in [6.45, 7) is 2.10. The molecule has 0 fully saturated rings. The van der Waals surface area contributed by atoms with Crippen molar-refractivity contribution >= 4 is 28.1 Å². The lowest BCUT2D eigenvalue weighted by molar-refractivity contribution is 0.414. The molecule has 1 N–H and O–H groups in total. The Kier molecular flexibility index (Phi) is 3.69. The van der Waals surface area contributed by atoms with Crippen molar-refractivity contribution < 1.29 is 4.74 Å². The van der Waals surface area contributed by atoms with Crippen molar-refractivity contribution in [3.8, 4) is 11.4 Å². The Morgan fingerprint density at radius 3 is 2.82 bits per heavy atom. The van der Waals surface area contributed by atoms with E-state index in [-0.39, 0.29) is 0 Å². The van der Waals surface area contributed by atoms with E-state index < -0.39 is 0 Å². The molecule has 3 nitrogen and oxygen atoms in total. The minimum Gasteiger partial charge on any atom is -0.497 e. The zero-order valence-corrected chi connectivity index (χ0v) is 12.1. The highest BCUT2D eigenvalue weighted by atomic mass is 79.9. The van der Waals surface area contributed by atoms with E-state index in [2.05, 4.69) is 27.8 Å². The molecule has 0 aliphatic carbocycles. The lowest BCUT2D eigenvalue weighted by atomic mass is 10.2. The van der Waals surface area contributed by atoms with Crippen LogP contribution in [0.1, 0.15) is 12.6 Å². The predicted molar refractivity (Wildman–Crippen MR) is 74.6 cm³/mol. The van der Waals surface area contributed by atoms with Crippen molar-refractivity contribution in [2.24, 2.45) is 0 Å². The van der Waals surface area contributed by atoms with Crippen molar-refractivity contribution in [2.45, 2.75) is 13.3 Å². The molecule has 1 aromatic carbocycles. The second-order valence-corrected chi connectivity index (χ2v) is 4.93. The number of methoxy groups -OCH3 is 1. The summed E-state index contributed by atoms with van der Waals surface area (Å²) < 4.78 is 8.94. The first kappa shape index (κ1) is 12.4. The van der Waals surface area contributed by atoms with Crippen LogP contribution >= 0.6 is 28.1 Å². The van der Waals surface area contributed by atoms with Gasteiger partial charge >= 0.3 is 0 Å². The Morgan fingerprint density at radius 1 is 1.41 bits per heavy atom. The second-order valence-electron chi connectivity index (χ2n) is 3.62. The van der Waals surface area contributed by atoms with Gasteiger partial charge in [-0.3, -0.25) is 4.57 Å². The molecule has 0 bridgehead atoms. The highest BCUT2D eigenvalue weighted by molar-refractivity contribution is 9.10. The van der Waals surface area contributed by atoms with E-state index in [0.29, 0.717) is 4.77 Å². The Morgan fingerprint density at radius 2 is 2.18 bits per heavy atom. The number of imidazole rings is 1. The van der Waals surface area contributed by atoms with Gasteiger partial charge in [-0.2, -0.15) is 0 Å². The minimum absolute atomic E-state index is 0.696. The molecule has 0 amide bonds. The molecule has 5 heteroatoms. The summed E-state index contributed by atoms with van der Waals surface area (Å²) >= 11 is 8.77. The van der Waals surface area contributed by atoms with Crippen molar-refractivity contribution in [2.75, 3.05) is 7.11 Å². The summed E-state index contributed by atoms with van der Waals surface area (Å²) in [4.78, 5) is 3.07. The number of ether oxygens (including phenoxy) is 1. The fourth-order valence-electron chi connectivity index (χ4n) is 1.74. The predicted octanol–water partition coefficient (Wildman–Crippen LogP) is 3.87. The molecule has 2 aromatic rings. The highest BCUT2D eigenvalue weighted by Gasteiger charge is 2.07. The monoisotopic (exact) mass is 312 g/mol. The van der Waals surface area contributed by atoms with Crippen LogP contribution in [0.3, 0.4) is 0 Å². The molecule has 0 saturated carbocycles. The van der Waals surface area contributed by atoms with Crippen LogP contribution in [-0.2, 0) is 6.42 Å². The Hall–Kier alpha value is -1.07. The molecule has 0 radical (unpaired) electrons. The molecule has 17 heavy (non-hydrogen) atoms. The maximum atomic E-state index is 5.30. The van der Waals surface area contributed by atoms with Crippen LogP contribution in [0.2, 0.25) is 0 Å². The van der Waals surface area contributed by atoms with Crippen LogP contribution < -0.4 is 4.74 Å². The van der Waals surface area contributed by atoms with Crippen molar-refractivity contribution in [1.29, 1.82) is 0 Å². The van der Waals surface area contributed by atoms with Crippen LogP contribution in [0.4, 0.5) is 0 Å².